The molecule has 1 aliphatic heterocycles. The molecule has 4 rings (SSSR count). The summed E-state index contributed by atoms with van der Waals surface area (Å²) in [5, 5.41) is 13.5. The Labute approximate surface area is 198 Å². The van der Waals surface area contributed by atoms with E-state index in [1.807, 2.05) is 29.2 Å². The molecular weight excluding hydrogens is 434 g/mol. The Morgan fingerprint density at radius 2 is 2.03 bits per heavy atom. The predicted octanol–water partition coefficient (Wildman–Crippen LogP) is 4.69. The molecule has 1 atom stereocenters. The number of aryl methyl sites for hydroxylation is 2. The standard InChI is InChI=1S/C25H29N5O2S/c1-16-10-17(2)12-20(11-16)29-8-7-27-25(29)33-15-23(31)28-24-22(13-26)18(3)19(4)30(24)14-21-6-5-9-32-21/h7-8,10-12,21H,5-6,9,14-15H2,1-4H3,(H,28,31). The quantitative estimate of drug-likeness (QED) is 0.514. The van der Waals surface area contributed by atoms with Gasteiger partial charge in [0.2, 0.25) is 5.91 Å². The van der Waals surface area contributed by atoms with Crippen molar-refractivity contribution in [3.63, 3.8) is 0 Å². The fourth-order valence-electron chi connectivity index (χ4n) is 4.33. The van der Waals surface area contributed by atoms with E-state index in [2.05, 4.69) is 48.4 Å². The summed E-state index contributed by atoms with van der Waals surface area (Å²) in [6, 6.07) is 8.59. The number of thioether (sulfide) groups is 1. The lowest BCUT2D eigenvalue weighted by atomic mass is 10.1. The molecule has 0 saturated carbocycles. The number of nitriles is 1. The number of aromatic nitrogens is 3. The number of carbonyl (C=O) groups excluding carboxylic acids is 1. The number of benzene rings is 1. The Bertz CT molecular complexity index is 1190. The van der Waals surface area contributed by atoms with Crippen LogP contribution in [0.5, 0.6) is 0 Å². The highest BCUT2D eigenvalue weighted by Crippen LogP contribution is 2.29. The molecule has 0 bridgehead atoms. The first-order valence-electron chi connectivity index (χ1n) is 11.1. The van der Waals surface area contributed by atoms with Crippen LogP contribution in [0.15, 0.2) is 35.7 Å². The molecule has 0 radical (unpaired) electrons. The maximum Gasteiger partial charge on any atom is 0.235 e. The summed E-state index contributed by atoms with van der Waals surface area (Å²) >= 11 is 1.37. The van der Waals surface area contributed by atoms with E-state index in [0.29, 0.717) is 17.9 Å². The largest absolute Gasteiger partial charge is 0.376 e. The second kappa shape index (κ2) is 9.86. The van der Waals surface area contributed by atoms with Crippen LogP contribution in [0.1, 0.15) is 40.8 Å². The number of imidazole rings is 1. The van der Waals surface area contributed by atoms with Crippen molar-refractivity contribution < 1.29 is 9.53 Å². The molecule has 7 nitrogen and oxygen atoms in total. The molecule has 1 aliphatic rings. The normalized spacial score (nSPS) is 15.5. The first kappa shape index (κ1) is 23.1. The minimum absolute atomic E-state index is 0.109. The molecule has 1 amide bonds. The smallest absolute Gasteiger partial charge is 0.235 e. The molecule has 1 unspecified atom stereocenters. The summed E-state index contributed by atoms with van der Waals surface area (Å²) in [4.78, 5) is 17.4. The van der Waals surface area contributed by atoms with Gasteiger partial charge in [0, 0.05) is 30.4 Å². The van der Waals surface area contributed by atoms with Crippen molar-refractivity contribution >= 4 is 23.5 Å². The van der Waals surface area contributed by atoms with Crippen LogP contribution in [0.2, 0.25) is 0 Å². The highest BCUT2D eigenvalue weighted by Gasteiger charge is 2.24. The molecule has 8 heteroatoms. The Balaban J connectivity index is 1.50. The number of hydrogen-bond acceptors (Lipinski definition) is 5. The maximum absolute atomic E-state index is 12.9. The second-order valence-corrected chi connectivity index (χ2v) is 9.50. The molecule has 0 spiro atoms. The lowest BCUT2D eigenvalue weighted by Gasteiger charge is -2.17. The summed E-state index contributed by atoms with van der Waals surface area (Å²) < 4.78 is 9.80. The van der Waals surface area contributed by atoms with Gasteiger partial charge < -0.3 is 14.6 Å². The maximum atomic E-state index is 12.9. The zero-order chi connectivity index (χ0) is 23.5. The van der Waals surface area contributed by atoms with Gasteiger partial charge in [-0.05, 0) is 69.4 Å². The summed E-state index contributed by atoms with van der Waals surface area (Å²) in [6.45, 7) is 9.43. The highest BCUT2D eigenvalue weighted by molar-refractivity contribution is 7.99. The molecule has 1 fully saturated rings. The van der Waals surface area contributed by atoms with Crippen LogP contribution < -0.4 is 5.32 Å². The first-order chi connectivity index (χ1) is 15.9. The number of carbonyl (C=O) groups is 1. The zero-order valence-electron chi connectivity index (χ0n) is 19.5. The summed E-state index contributed by atoms with van der Waals surface area (Å²) in [5.74, 6) is 0.583. The van der Waals surface area contributed by atoms with Crippen LogP contribution in [-0.4, -0.2) is 38.5 Å². The fraction of sp³-hybridized carbons (Fsp3) is 0.400. The van der Waals surface area contributed by atoms with Crippen LogP contribution >= 0.6 is 11.8 Å². The van der Waals surface area contributed by atoms with Crippen molar-refractivity contribution in [3.05, 3.63) is 58.5 Å². The van der Waals surface area contributed by atoms with E-state index in [9.17, 15) is 10.1 Å². The molecule has 2 aromatic heterocycles. The molecule has 3 heterocycles. The molecular formula is C25H29N5O2S. The third-order valence-electron chi connectivity index (χ3n) is 6.03. The molecule has 1 saturated heterocycles. The van der Waals surface area contributed by atoms with E-state index in [4.69, 9.17) is 4.74 Å². The van der Waals surface area contributed by atoms with E-state index in [1.54, 1.807) is 6.20 Å². The molecule has 172 valence electrons. The topological polar surface area (TPSA) is 84.9 Å². The number of nitrogens with one attached hydrogen (secondary N) is 1. The zero-order valence-corrected chi connectivity index (χ0v) is 20.3. The monoisotopic (exact) mass is 463 g/mol. The van der Waals surface area contributed by atoms with E-state index in [0.717, 1.165) is 41.5 Å². The molecule has 3 aromatic rings. The third-order valence-corrected chi connectivity index (χ3v) is 7.00. The van der Waals surface area contributed by atoms with E-state index in [-0.39, 0.29) is 17.8 Å². The molecule has 33 heavy (non-hydrogen) atoms. The van der Waals surface area contributed by atoms with Gasteiger partial charge in [0.25, 0.3) is 0 Å². The Hall–Kier alpha value is -3.02. The van der Waals surface area contributed by atoms with Gasteiger partial charge in [-0.2, -0.15) is 5.26 Å². The van der Waals surface area contributed by atoms with Gasteiger partial charge in [0.1, 0.15) is 11.9 Å². The van der Waals surface area contributed by atoms with Crippen molar-refractivity contribution in [1.82, 2.24) is 14.1 Å². The number of nitrogens with zero attached hydrogens (tertiary/aromatic N) is 4. The predicted molar refractivity (Wildman–Crippen MR) is 130 cm³/mol. The fourth-order valence-corrected chi connectivity index (χ4v) is 5.10. The van der Waals surface area contributed by atoms with E-state index < -0.39 is 0 Å². The van der Waals surface area contributed by atoms with Crippen LogP contribution in [0.25, 0.3) is 5.69 Å². The van der Waals surface area contributed by atoms with Crippen molar-refractivity contribution in [2.24, 2.45) is 0 Å². The van der Waals surface area contributed by atoms with Crippen molar-refractivity contribution in [1.29, 1.82) is 5.26 Å². The van der Waals surface area contributed by atoms with Crippen LogP contribution in [-0.2, 0) is 16.1 Å². The Kier molecular flexibility index (Phi) is 6.91. The minimum atomic E-state index is -0.169. The van der Waals surface area contributed by atoms with Gasteiger partial charge in [0.05, 0.1) is 24.0 Å². The van der Waals surface area contributed by atoms with Crippen LogP contribution in [0.3, 0.4) is 0 Å². The van der Waals surface area contributed by atoms with Gasteiger partial charge in [-0.1, -0.05) is 17.8 Å². The number of ether oxygens (including phenoxy) is 1. The number of hydrogen-bond donors (Lipinski definition) is 1. The lowest BCUT2D eigenvalue weighted by Crippen LogP contribution is -2.22. The van der Waals surface area contributed by atoms with Crippen molar-refractivity contribution in [3.8, 4) is 11.8 Å². The average molecular weight is 464 g/mol. The minimum Gasteiger partial charge on any atom is -0.376 e. The summed E-state index contributed by atoms with van der Waals surface area (Å²) in [5.41, 5.74) is 5.76. The number of rotatable bonds is 7. The van der Waals surface area contributed by atoms with Gasteiger partial charge >= 0.3 is 0 Å². The van der Waals surface area contributed by atoms with Gasteiger partial charge in [0.15, 0.2) is 5.16 Å². The summed E-state index contributed by atoms with van der Waals surface area (Å²) in [6.07, 6.45) is 5.79. The van der Waals surface area contributed by atoms with Crippen molar-refractivity contribution in [2.45, 2.75) is 58.3 Å². The van der Waals surface area contributed by atoms with Gasteiger partial charge in [-0.25, -0.2) is 4.98 Å². The number of anilines is 1. The SMILES string of the molecule is Cc1cc(C)cc(-n2ccnc2SCC(=O)Nc2c(C#N)c(C)c(C)n2CC2CCCO2)c1. The highest BCUT2D eigenvalue weighted by atomic mass is 32.2. The third kappa shape index (κ3) is 5.00. The Morgan fingerprint density at radius 1 is 1.27 bits per heavy atom. The van der Waals surface area contributed by atoms with Crippen LogP contribution in [0.4, 0.5) is 5.82 Å². The molecule has 1 N–H and O–H groups in total. The summed E-state index contributed by atoms with van der Waals surface area (Å²) in [7, 11) is 0. The van der Waals surface area contributed by atoms with E-state index >= 15 is 0 Å². The van der Waals surface area contributed by atoms with Crippen molar-refractivity contribution in [2.75, 3.05) is 17.7 Å². The molecule has 0 aliphatic carbocycles. The Morgan fingerprint density at radius 3 is 2.70 bits per heavy atom. The van der Waals surface area contributed by atoms with Gasteiger partial charge in [-0.3, -0.25) is 9.36 Å². The van der Waals surface area contributed by atoms with E-state index in [1.165, 1.54) is 22.9 Å². The number of amides is 1. The first-order valence-corrected chi connectivity index (χ1v) is 12.1. The second-order valence-electron chi connectivity index (χ2n) is 8.55. The van der Waals surface area contributed by atoms with Gasteiger partial charge in [-0.15, -0.1) is 0 Å². The van der Waals surface area contributed by atoms with Crippen LogP contribution in [0, 0.1) is 39.0 Å². The lowest BCUT2D eigenvalue weighted by molar-refractivity contribution is -0.113. The molecule has 1 aromatic carbocycles. The average Bonchev–Trinajstić information content (AvgIpc) is 3.50.